The summed E-state index contributed by atoms with van der Waals surface area (Å²) < 4.78 is 1.80. The van der Waals surface area contributed by atoms with Gasteiger partial charge in [-0.3, -0.25) is 4.79 Å². The van der Waals surface area contributed by atoms with Crippen LogP contribution in [0.5, 0.6) is 0 Å². The van der Waals surface area contributed by atoms with Crippen molar-refractivity contribution in [3.05, 3.63) is 57.8 Å². The predicted molar refractivity (Wildman–Crippen MR) is 95.3 cm³/mol. The number of benzene rings is 1. The number of hydrogen-bond donors (Lipinski definition) is 0. The predicted octanol–water partition coefficient (Wildman–Crippen LogP) is 2.78. The minimum atomic E-state index is 0.00405. The van der Waals surface area contributed by atoms with Crippen LogP contribution in [0, 0.1) is 0 Å². The molecule has 0 radical (unpaired) electrons. The van der Waals surface area contributed by atoms with Gasteiger partial charge in [0.2, 0.25) is 5.16 Å². The lowest BCUT2D eigenvalue weighted by atomic mass is 10.1. The summed E-state index contributed by atoms with van der Waals surface area (Å²) in [5, 5.41) is 14.7. The number of thioether (sulfide) groups is 1. The van der Waals surface area contributed by atoms with Gasteiger partial charge in [0.05, 0.1) is 6.54 Å². The van der Waals surface area contributed by atoms with Crippen molar-refractivity contribution in [1.82, 2.24) is 25.1 Å². The molecule has 0 aliphatic heterocycles. The molecule has 2 aromatic heterocycles. The van der Waals surface area contributed by atoms with Gasteiger partial charge >= 0.3 is 0 Å². The van der Waals surface area contributed by atoms with Crippen molar-refractivity contribution in [1.29, 1.82) is 0 Å². The summed E-state index contributed by atoms with van der Waals surface area (Å²) in [6.45, 7) is 0.673. The fourth-order valence-corrected chi connectivity index (χ4v) is 3.65. The van der Waals surface area contributed by atoms with Crippen molar-refractivity contribution in [2.24, 2.45) is 0 Å². The molecule has 1 amide bonds. The Balaban J connectivity index is 1.67. The van der Waals surface area contributed by atoms with E-state index >= 15 is 0 Å². The van der Waals surface area contributed by atoms with Gasteiger partial charge in [-0.25, -0.2) is 4.68 Å². The lowest BCUT2D eigenvalue weighted by molar-refractivity contribution is 0.0827. The topological polar surface area (TPSA) is 63.9 Å². The Kier molecular flexibility index (Phi) is 5.27. The lowest BCUT2D eigenvalue weighted by Crippen LogP contribution is -2.21. The van der Waals surface area contributed by atoms with Crippen molar-refractivity contribution >= 4 is 29.0 Å². The molecule has 0 fully saturated rings. The molecule has 0 aliphatic rings. The summed E-state index contributed by atoms with van der Waals surface area (Å²) in [6, 6.07) is 11.7. The molecule has 24 heavy (non-hydrogen) atoms. The van der Waals surface area contributed by atoms with Crippen LogP contribution in [0.4, 0.5) is 0 Å². The van der Waals surface area contributed by atoms with Crippen LogP contribution in [0.3, 0.4) is 0 Å². The number of amides is 1. The van der Waals surface area contributed by atoms with E-state index < -0.39 is 0 Å². The van der Waals surface area contributed by atoms with Crippen molar-refractivity contribution in [3.8, 4) is 0 Å². The number of thiophene rings is 1. The van der Waals surface area contributed by atoms with Crippen LogP contribution in [-0.4, -0.2) is 45.1 Å². The third kappa shape index (κ3) is 4.01. The largest absolute Gasteiger partial charge is 0.345 e. The zero-order valence-electron chi connectivity index (χ0n) is 13.4. The molecule has 2 heterocycles. The van der Waals surface area contributed by atoms with E-state index in [0.717, 1.165) is 10.7 Å². The number of carbonyl (C=O) groups is 1. The maximum Gasteiger partial charge on any atom is 0.253 e. The molecule has 0 aliphatic carbocycles. The summed E-state index contributed by atoms with van der Waals surface area (Å²) in [6.07, 6.45) is 0. The average Bonchev–Trinajstić information content (AvgIpc) is 3.25. The van der Waals surface area contributed by atoms with E-state index in [4.69, 9.17) is 0 Å². The van der Waals surface area contributed by atoms with Gasteiger partial charge in [0.25, 0.3) is 5.91 Å². The highest BCUT2D eigenvalue weighted by Gasteiger charge is 2.11. The molecular weight excluding hydrogens is 342 g/mol. The Morgan fingerprint density at radius 3 is 2.92 bits per heavy atom. The quantitative estimate of drug-likeness (QED) is 0.633. The highest BCUT2D eigenvalue weighted by Crippen LogP contribution is 2.22. The molecule has 3 rings (SSSR count). The molecule has 124 valence electrons. The number of carbonyl (C=O) groups excluding carboxylic acids is 1. The highest BCUT2D eigenvalue weighted by atomic mass is 32.2. The smallest absolute Gasteiger partial charge is 0.253 e. The van der Waals surface area contributed by atoms with Crippen LogP contribution >= 0.6 is 23.1 Å². The molecule has 6 nitrogen and oxygen atoms in total. The molecule has 3 aromatic rings. The highest BCUT2D eigenvalue weighted by molar-refractivity contribution is 7.98. The SMILES string of the molecule is CN(C)C(=O)c1cccc(CSc2nnnn2Cc2cccs2)c1. The lowest BCUT2D eigenvalue weighted by Gasteiger charge is -2.11. The first kappa shape index (κ1) is 16.7. The van der Waals surface area contributed by atoms with E-state index in [1.54, 1.807) is 46.8 Å². The standard InChI is InChI=1S/C16H17N5OS2/c1-20(2)15(22)13-6-3-5-12(9-13)11-24-16-17-18-19-21(16)10-14-7-4-8-23-14/h3-9H,10-11H2,1-2H3. The van der Waals surface area contributed by atoms with E-state index in [9.17, 15) is 4.79 Å². The molecule has 0 unspecified atom stereocenters. The van der Waals surface area contributed by atoms with Crippen LogP contribution in [-0.2, 0) is 12.3 Å². The average molecular weight is 359 g/mol. The van der Waals surface area contributed by atoms with Crippen molar-refractivity contribution in [2.45, 2.75) is 17.5 Å². The van der Waals surface area contributed by atoms with Gasteiger partial charge in [0.15, 0.2) is 0 Å². The monoisotopic (exact) mass is 359 g/mol. The minimum Gasteiger partial charge on any atom is -0.345 e. The van der Waals surface area contributed by atoms with Crippen molar-refractivity contribution in [2.75, 3.05) is 14.1 Å². The maximum atomic E-state index is 12.0. The summed E-state index contributed by atoms with van der Waals surface area (Å²) in [5.41, 5.74) is 1.76. The van der Waals surface area contributed by atoms with Gasteiger partial charge in [-0.1, -0.05) is 30.0 Å². The first-order chi connectivity index (χ1) is 11.6. The maximum absolute atomic E-state index is 12.0. The fraction of sp³-hybridized carbons (Fsp3) is 0.250. The van der Waals surface area contributed by atoms with Crippen LogP contribution in [0.1, 0.15) is 20.8 Å². The molecule has 8 heteroatoms. The zero-order chi connectivity index (χ0) is 16.9. The van der Waals surface area contributed by atoms with E-state index in [2.05, 4.69) is 21.6 Å². The number of tetrazole rings is 1. The van der Waals surface area contributed by atoms with E-state index in [1.807, 2.05) is 35.7 Å². The van der Waals surface area contributed by atoms with Gasteiger partial charge in [0.1, 0.15) is 0 Å². The first-order valence-corrected chi connectivity index (χ1v) is 9.22. The summed E-state index contributed by atoms with van der Waals surface area (Å²) in [5.74, 6) is 0.712. The minimum absolute atomic E-state index is 0.00405. The Morgan fingerprint density at radius 1 is 1.29 bits per heavy atom. The number of aromatic nitrogens is 4. The normalized spacial score (nSPS) is 10.8. The van der Waals surface area contributed by atoms with Gasteiger partial charge in [-0.2, -0.15) is 0 Å². The third-order valence-electron chi connectivity index (χ3n) is 3.33. The van der Waals surface area contributed by atoms with Gasteiger partial charge in [-0.05, 0) is 39.6 Å². The molecule has 0 saturated carbocycles. The van der Waals surface area contributed by atoms with Gasteiger partial charge in [0, 0.05) is 30.3 Å². The number of rotatable bonds is 6. The molecule has 0 atom stereocenters. The Labute approximate surface area is 148 Å². The van der Waals surface area contributed by atoms with Gasteiger partial charge in [-0.15, -0.1) is 16.4 Å². The Morgan fingerprint density at radius 2 is 2.17 bits per heavy atom. The first-order valence-electron chi connectivity index (χ1n) is 7.35. The van der Waals surface area contributed by atoms with Crippen LogP contribution < -0.4 is 0 Å². The van der Waals surface area contributed by atoms with E-state index in [-0.39, 0.29) is 5.91 Å². The Hall–Kier alpha value is -2.19. The van der Waals surface area contributed by atoms with Crippen LogP contribution in [0.2, 0.25) is 0 Å². The third-order valence-corrected chi connectivity index (χ3v) is 5.22. The molecule has 1 aromatic carbocycles. The van der Waals surface area contributed by atoms with E-state index in [0.29, 0.717) is 17.9 Å². The van der Waals surface area contributed by atoms with Crippen molar-refractivity contribution < 1.29 is 4.79 Å². The summed E-state index contributed by atoms with van der Waals surface area (Å²) in [4.78, 5) is 14.8. The van der Waals surface area contributed by atoms with Crippen LogP contribution in [0.25, 0.3) is 0 Å². The summed E-state index contributed by atoms with van der Waals surface area (Å²) >= 11 is 3.25. The Bertz CT molecular complexity index is 814. The van der Waals surface area contributed by atoms with Crippen molar-refractivity contribution in [3.63, 3.8) is 0 Å². The van der Waals surface area contributed by atoms with Gasteiger partial charge < -0.3 is 4.90 Å². The molecule has 0 saturated heterocycles. The molecule has 0 N–H and O–H groups in total. The molecular formula is C16H17N5OS2. The second kappa shape index (κ2) is 7.59. The molecule has 0 bridgehead atoms. The zero-order valence-corrected chi connectivity index (χ0v) is 15.0. The molecule has 0 spiro atoms. The van der Waals surface area contributed by atoms with Crippen LogP contribution in [0.15, 0.2) is 46.9 Å². The summed E-state index contributed by atoms with van der Waals surface area (Å²) in [7, 11) is 3.50. The van der Waals surface area contributed by atoms with E-state index in [1.165, 1.54) is 4.88 Å². The fourth-order valence-electron chi connectivity index (χ4n) is 2.15. The number of hydrogen-bond acceptors (Lipinski definition) is 6. The second-order valence-electron chi connectivity index (χ2n) is 5.39. The second-order valence-corrected chi connectivity index (χ2v) is 7.36. The number of nitrogens with zero attached hydrogens (tertiary/aromatic N) is 5.